The first-order valence-corrected chi connectivity index (χ1v) is 6.10. The van der Waals surface area contributed by atoms with Crippen molar-refractivity contribution in [2.75, 3.05) is 26.4 Å². The minimum absolute atomic E-state index is 0.0755. The Labute approximate surface area is 103 Å². The molecule has 0 spiro atoms. The Hall–Kier alpha value is -0.650. The SMILES string of the molecule is CC(C)(C)OCC(=O)NC1(CN)CCOCC1. The number of hydrogen-bond donors (Lipinski definition) is 2. The van der Waals surface area contributed by atoms with Crippen LogP contribution in [0.3, 0.4) is 0 Å². The van der Waals surface area contributed by atoms with Crippen molar-refractivity contribution in [2.45, 2.75) is 44.8 Å². The van der Waals surface area contributed by atoms with Crippen molar-refractivity contribution in [2.24, 2.45) is 5.73 Å². The Bertz CT molecular complexity index is 255. The molecule has 0 atom stereocenters. The Balaban J connectivity index is 2.42. The zero-order valence-corrected chi connectivity index (χ0v) is 11.0. The van der Waals surface area contributed by atoms with Crippen LogP contribution in [0.2, 0.25) is 0 Å². The Morgan fingerprint density at radius 1 is 1.41 bits per heavy atom. The van der Waals surface area contributed by atoms with Gasteiger partial charge in [0.25, 0.3) is 0 Å². The first-order valence-electron chi connectivity index (χ1n) is 6.10. The fourth-order valence-electron chi connectivity index (χ4n) is 1.76. The van der Waals surface area contributed by atoms with E-state index in [4.69, 9.17) is 15.2 Å². The molecule has 1 heterocycles. The largest absolute Gasteiger partial charge is 0.381 e. The molecular weight excluding hydrogens is 220 g/mol. The number of amides is 1. The zero-order chi connectivity index (χ0) is 12.9. The Morgan fingerprint density at radius 2 is 2.00 bits per heavy atom. The quantitative estimate of drug-likeness (QED) is 0.752. The maximum absolute atomic E-state index is 11.8. The summed E-state index contributed by atoms with van der Waals surface area (Å²) in [6, 6.07) is 0. The van der Waals surface area contributed by atoms with E-state index in [1.54, 1.807) is 0 Å². The van der Waals surface area contributed by atoms with Crippen molar-refractivity contribution in [1.82, 2.24) is 5.32 Å². The lowest BCUT2D eigenvalue weighted by Crippen LogP contribution is -2.57. The van der Waals surface area contributed by atoms with Gasteiger partial charge < -0.3 is 20.5 Å². The van der Waals surface area contributed by atoms with E-state index in [0.717, 1.165) is 12.8 Å². The third kappa shape index (κ3) is 5.02. The number of rotatable bonds is 4. The van der Waals surface area contributed by atoms with Crippen molar-refractivity contribution in [3.63, 3.8) is 0 Å². The van der Waals surface area contributed by atoms with Crippen molar-refractivity contribution in [3.8, 4) is 0 Å². The van der Waals surface area contributed by atoms with Gasteiger partial charge in [0.1, 0.15) is 6.61 Å². The van der Waals surface area contributed by atoms with Gasteiger partial charge in [-0.15, -0.1) is 0 Å². The molecule has 0 aromatic rings. The zero-order valence-electron chi connectivity index (χ0n) is 11.0. The lowest BCUT2D eigenvalue weighted by Gasteiger charge is -2.37. The monoisotopic (exact) mass is 244 g/mol. The molecule has 1 saturated heterocycles. The fourth-order valence-corrected chi connectivity index (χ4v) is 1.76. The highest BCUT2D eigenvalue weighted by Gasteiger charge is 2.32. The van der Waals surface area contributed by atoms with Crippen LogP contribution in [0.1, 0.15) is 33.6 Å². The second-order valence-electron chi connectivity index (χ2n) is 5.55. The number of nitrogens with two attached hydrogens (primary N) is 1. The van der Waals surface area contributed by atoms with Gasteiger partial charge in [-0.25, -0.2) is 0 Å². The number of hydrogen-bond acceptors (Lipinski definition) is 4. The Morgan fingerprint density at radius 3 is 2.47 bits per heavy atom. The average molecular weight is 244 g/mol. The first kappa shape index (κ1) is 14.4. The van der Waals surface area contributed by atoms with Crippen LogP contribution < -0.4 is 11.1 Å². The molecule has 1 amide bonds. The molecular formula is C12H24N2O3. The molecule has 17 heavy (non-hydrogen) atoms. The summed E-state index contributed by atoms with van der Waals surface area (Å²) in [4.78, 5) is 11.8. The maximum atomic E-state index is 11.8. The van der Waals surface area contributed by atoms with Crippen LogP contribution >= 0.6 is 0 Å². The number of ether oxygens (including phenoxy) is 2. The molecule has 100 valence electrons. The van der Waals surface area contributed by atoms with Crippen molar-refractivity contribution >= 4 is 5.91 Å². The predicted molar refractivity (Wildman–Crippen MR) is 65.7 cm³/mol. The smallest absolute Gasteiger partial charge is 0.246 e. The maximum Gasteiger partial charge on any atom is 0.246 e. The summed E-state index contributed by atoms with van der Waals surface area (Å²) >= 11 is 0. The van der Waals surface area contributed by atoms with Crippen LogP contribution in [0.5, 0.6) is 0 Å². The van der Waals surface area contributed by atoms with E-state index in [0.29, 0.717) is 19.8 Å². The van der Waals surface area contributed by atoms with Gasteiger partial charge in [-0.1, -0.05) is 0 Å². The summed E-state index contributed by atoms with van der Waals surface area (Å²) in [6.45, 7) is 7.59. The summed E-state index contributed by atoms with van der Waals surface area (Å²) in [6.07, 6.45) is 1.54. The van der Waals surface area contributed by atoms with Crippen LogP contribution in [0, 0.1) is 0 Å². The molecule has 0 radical (unpaired) electrons. The van der Waals surface area contributed by atoms with Crippen LogP contribution in [0.15, 0.2) is 0 Å². The van der Waals surface area contributed by atoms with E-state index in [1.807, 2.05) is 20.8 Å². The van der Waals surface area contributed by atoms with Crippen LogP contribution in [0.25, 0.3) is 0 Å². The van der Waals surface area contributed by atoms with E-state index in [9.17, 15) is 4.79 Å². The molecule has 1 rings (SSSR count). The average Bonchev–Trinajstić information content (AvgIpc) is 2.27. The first-order chi connectivity index (χ1) is 7.87. The van der Waals surface area contributed by atoms with Crippen molar-refractivity contribution < 1.29 is 14.3 Å². The van der Waals surface area contributed by atoms with E-state index in [2.05, 4.69) is 5.32 Å². The summed E-state index contributed by atoms with van der Waals surface area (Å²) in [7, 11) is 0. The van der Waals surface area contributed by atoms with Crippen molar-refractivity contribution in [1.29, 1.82) is 0 Å². The molecule has 3 N–H and O–H groups in total. The van der Waals surface area contributed by atoms with Gasteiger partial charge in [0.2, 0.25) is 5.91 Å². The summed E-state index contributed by atoms with van der Waals surface area (Å²) in [5.41, 5.74) is 5.15. The van der Waals surface area contributed by atoms with Gasteiger partial charge in [0.05, 0.1) is 11.1 Å². The van der Waals surface area contributed by atoms with E-state index in [-0.39, 0.29) is 23.7 Å². The van der Waals surface area contributed by atoms with Crippen LogP contribution in [-0.4, -0.2) is 43.4 Å². The standard InChI is InChI=1S/C12H24N2O3/c1-11(2,3)17-8-10(15)14-12(9-13)4-6-16-7-5-12/h4-9,13H2,1-3H3,(H,14,15). The highest BCUT2D eigenvalue weighted by Crippen LogP contribution is 2.19. The van der Waals surface area contributed by atoms with Crippen LogP contribution in [-0.2, 0) is 14.3 Å². The highest BCUT2D eigenvalue weighted by molar-refractivity contribution is 5.78. The number of carbonyl (C=O) groups excluding carboxylic acids is 1. The second-order valence-corrected chi connectivity index (χ2v) is 5.55. The van der Waals surface area contributed by atoms with Gasteiger partial charge in [-0.2, -0.15) is 0 Å². The summed E-state index contributed by atoms with van der Waals surface area (Å²) in [5, 5.41) is 2.99. The minimum atomic E-state index is -0.309. The van der Waals surface area contributed by atoms with Crippen molar-refractivity contribution in [3.05, 3.63) is 0 Å². The van der Waals surface area contributed by atoms with Gasteiger partial charge in [0, 0.05) is 19.8 Å². The van der Waals surface area contributed by atoms with Crippen LogP contribution in [0.4, 0.5) is 0 Å². The lowest BCUT2D eigenvalue weighted by molar-refractivity contribution is -0.133. The van der Waals surface area contributed by atoms with E-state index < -0.39 is 0 Å². The lowest BCUT2D eigenvalue weighted by atomic mass is 9.90. The van der Waals surface area contributed by atoms with E-state index >= 15 is 0 Å². The number of nitrogens with one attached hydrogen (secondary N) is 1. The fraction of sp³-hybridized carbons (Fsp3) is 0.917. The molecule has 5 nitrogen and oxygen atoms in total. The molecule has 5 heteroatoms. The summed E-state index contributed by atoms with van der Waals surface area (Å²) < 4.78 is 10.7. The van der Waals surface area contributed by atoms with Gasteiger partial charge >= 0.3 is 0 Å². The second kappa shape index (κ2) is 5.80. The number of carbonyl (C=O) groups is 1. The van der Waals surface area contributed by atoms with Gasteiger partial charge in [-0.05, 0) is 33.6 Å². The molecule has 0 saturated carbocycles. The normalized spacial score (nSPS) is 20.0. The Kier molecular flexibility index (Phi) is 4.91. The third-order valence-electron chi connectivity index (χ3n) is 2.88. The molecule has 0 aromatic carbocycles. The molecule has 0 aliphatic carbocycles. The molecule has 1 aliphatic heterocycles. The molecule has 1 fully saturated rings. The molecule has 1 aliphatic rings. The minimum Gasteiger partial charge on any atom is -0.381 e. The summed E-state index contributed by atoms with van der Waals surface area (Å²) in [5.74, 6) is -0.104. The molecule has 0 aromatic heterocycles. The molecule has 0 unspecified atom stereocenters. The van der Waals surface area contributed by atoms with Gasteiger partial charge in [-0.3, -0.25) is 4.79 Å². The highest BCUT2D eigenvalue weighted by atomic mass is 16.5. The van der Waals surface area contributed by atoms with Gasteiger partial charge in [0.15, 0.2) is 0 Å². The van der Waals surface area contributed by atoms with E-state index in [1.165, 1.54) is 0 Å². The molecule has 0 bridgehead atoms. The topological polar surface area (TPSA) is 73.6 Å². The predicted octanol–water partition coefficient (Wildman–Crippen LogP) is 0.426. The third-order valence-corrected chi connectivity index (χ3v) is 2.88.